The van der Waals surface area contributed by atoms with E-state index in [1.807, 2.05) is 44.2 Å². The van der Waals surface area contributed by atoms with Gasteiger partial charge in [-0.25, -0.2) is 0 Å². The van der Waals surface area contributed by atoms with Crippen molar-refractivity contribution in [2.75, 3.05) is 5.32 Å². The van der Waals surface area contributed by atoms with Crippen molar-refractivity contribution in [2.24, 2.45) is 11.7 Å². The lowest BCUT2D eigenvalue weighted by molar-refractivity contribution is -0.118. The van der Waals surface area contributed by atoms with Gasteiger partial charge >= 0.3 is 0 Å². The largest absolute Gasteiger partial charge is 0.325 e. The minimum absolute atomic E-state index is 0. The zero-order valence-electron chi connectivity index (χ0n) is 11.5. The molecule has 0 aliphatic carbocycles. The second-order valence-electron chi connectivity index (χ2n) is 4.81. The fourth-order valence-corrected chi connectivity index (χ4v) is 1.71. The maximum absolute atomic E-state index is 11.9. The molecule has 1 atom stereocenters. The zero-order valence-corrected chi connectivity index (χ0v) is 12.3. The van der Waals surface area contributed by atoms with Crippen molar-refractivity contribution in [2.45, 2.75) is 19.9 Å². The molecule has 6 heteroatoms. The number of carbonyl (C=O) groups excluding carboxylic acids is 1. The maximum atomic E-state index is 11.9. The van der Waals surface area contributed by atoms with Crippen molar-refractivity contribution in [3.05, 3.63) is 36.5 Å². The number of nitrogens with two attached hydrogens (primary N) is 1. The minimum atomic E-state index is -0.504. The van der Waals surface area contributed by atoms with Gasteiger partial charge in [0, 0.05) is 17.4 Å². The molecule has 2 aromatic rings. The van der Waals surface area contributed by atoms with E-state index in [0.717, 1.165) is 16.9 Å². The van der Waals surface area contributed by atoms with Crippen LogP contribution in [0.25, 0.3) is 11.3 Å². The summed E-state index contributed by atoms with van der Waals surface area (Å²) in [4.78, 5) is 11.9. The first-order valence-corrected chi connectivity index (χ1v) is 6.24. The Labute approximate surface area is 124 Å². The van der Waals surface area contributed by atoms with Crippen LogP contribution in [0.2, 0.25) is 0 Å². The monoisotopic (exact) mass is 294 g/mol. The van der Waals surface area contributed by atoms with E-state index in [1.165, 1.54) is 0 Å². The second-order valence-corrected chi connectivity index (χ2v) is 4.81. The molecule has 0 aliphatic rings. The SMILES string of the molecule is CC(C)[C@@H](N)C(=O)Nc1cccc(-c2ccn[nH]2)c1.Cl. The minimum Gasteiger partial charge on any atom is -0.325 e. The first-order chi connectivity index (χ1) is 9.08. The van der Waals surface area contributed by atoms with Gasteiger partial charge in [0.25, 0.3) is 0 Å². The van der Waals surface area contributed by atoms with Gasteiger partial charge in [-0.05, 0) is 24.1 Å². The predicted octanol–water partition coefficient (Wildman–Crippen LogP) is 2.42. The van der Waals surface area contributed by atoms with E-state index in [-0.39, 0.29) is 24.2 Å². The number of anilines is 1. The van der Waals surface area contributed by atoms with Crippen LogP contribution in [-0.4, -0.2) is 22.1 Å². The third kappa shape index (κ3) is 3.82. The quantitative estimate of drug-likeness (QED) is 0.809. The van der Waals surface area contributed by atoms with E-state index < -0.39 is 6.04 Å². The Hall–Kier alpha value is -1.85. The number of rotatable bonds is 4. The number of nitrogens with zero attached hydrogens (tertiary/aromatic N) is 1. The number of carbonyl (C=O) groups is 1. The van der Waals surface area contributed by atoms with E-state index in [9.17, 15) is 4.79 Å². The second kappa shape index (κ2) is 7.07. The predicted molar refractivity (Wildman–Crippen MR) is 82.7 cm³/mol. The van der Waals surface area contributed by atoms with Crippen molar-refractivity contribution in [3.63, 3.8) is 0 Å². The molecule has 0 unspecified atom stereocenters. The normalized spacial score (nSPS) is 11.8. The van der Waals surface area contributed by atoms with Gasteiger partial charge in [-0.1, -0.05) is 26.0 Å². The average molecular weight is 295 g/mol. The number of hydrogen-bond acceptors (Lipinski definition) is 3. The van der Waals surface area contributed by atoms with Gasteiger partial charge < -0.3 is 11.1 Å². The molecule has 1 amide bonds. The Morgan fingerprint density at radius 1 is 1.35 bits per heavy atom. The fraction of sp³-hybridized carbons (Fsp3) is 0.286. The summed E-state index contributed by atoms with van der Waals surface area (Å²) in [6, 6.07) is 8.93. The van der Waals surface area contributed by atoms with E-state index in [2.05, 4.69) is 15.5 Å². The zero-order chi connectivity index (χ0) is 13.8. The van der Waals surface area contributed by atoms with Crippen LogP contribution in [0.4, 0.5) is 5.69 Å². The van der Waals surface area contributed by atoms with Gasteiger partial charge in [-0.3, -0.25) is 9.89 Å². The van der Waals surface area contributed by atoms with E-state index in [1.54, 1.807) is 6.20 Å². The van der Waals surface area contributed by atoms with Crippen LogP contribution in [-0.2, 0) is 4.79 Å². The molecule has 0 saturated heterocycles. The number of aromatic amines is 1. The van der Waals surface area contributed by atoms with Crippen molar-refractivity contribution in [1.29, 1.82) is 0 Å². The Balaban J connectivity index is 0.00000200. The molecule has 20 heavy (non-hydrogen) atoms. The topological polar surface area (TPSA) is 83.8 Å². The van der Waals surface area contributed by atoms with Crippen LogP contribution in [0.15, 0.2) is 36.5 Å². The molecule has 0 saturated carbocycles. The van der Waals surface area contributed by atoms with Gasteiger partial charge in [-0.2, -0.15) is 5.10 Å². The number of H-pyrrole nitrogens is 1. The summed E-state index contributed by atoms with van der Waals surface area (Å²) in [7, 11) is 0. The average Bonchev–Trinajstić information content (AvgIpc) is 2.91. The number of benzene rings is 1. The summed E-state index contributed by atoms with van der Waals surface area (Å²) in [5, 5.41) is 9.62. The van der Waals surface area contributed by atoms with Crippen LogP contribution in [0.1, 0.15) is 13.8 Å². The van der Waals surface area contributed by atoms with Gasteiger partial charge in [0.05, 0.1) is 11.7 Å². The lowest BCUT2D eigenvalue weighted by atomic mass is 10.0. The molecule has 1 heterocycles. The van der Waals surface area contributed by atoms with Crippen LogP contribution >= 0.6 is 12.4 Å². The van der Waals surface area contributed by atoms with E-state index >= 15 is 0 Å². The highest BCUT2D eigenvalue weighted by Crippen LogP contribution is 2.20. The lowest BCUT2D eigenvalue weighted by Gasteiger charge is -2.15. The summed E-state index contributed by atoms with van der Waals surface area (Å²) >= 11 is 0. The smallest absolute Gasteiger partial charge is 0.241 e. The Morgan fingerprint density at radius 2 is 2.10 bits per heavy atom. The number of aromatic nitrogens is 2. The first kappa shape index (κ1) is 16.2. The van der Waals surface area contributed by atoms with Crippen molar-refractivity contribution in [3.8, 4) is 11.3 Å². The molecule has 0 spiro atoms. The maximum Gasteiger partial charge on any atom is 0.241 e. The summed E-state index contributed by atoms with van der Waals surface area (Å²) in [6.45, 7) is 3.84. The lowest BCUT2D eigenvalue weighted by Crippen LogP contribution is -2.39. The molecular weight excluding hydrogens is 276 g/mol. The molecule has 0 fully saturated rings. The third-order valence-corrected chi connectivity index (χ3v) is 2.96. The fourth-order valence-electron chi connectivity index (χ4n) is 1.71. The highest BCUT2D eigenvalue weighted by Gasteiger charge is 2.17. The molecule has 5 nitrogen and oxygen atoms in total. The molecule has 0 aliphatic heterocycles. The molecular formula is C14H19ClN4O. The molecule has 0 radical (unpaired) electrons. The summed E-state index contributed by atoms with van der Waals surface area (Å²) in [5.41, 5.74) is 8.41. The van der Waals surface area contributed by atoms with Crippen molar-refractivity contribution >= 4 is 24.0 Å². The summed E-state index contributed by atoms with van der Waals surface area (Å²) in [5.74, 6) is -0.0625. The number of halogens is 1. The van der Waals surface area contributed by atoms with Crippen LogP contribution in [0, 0.1) is 5.92 Å². The molecule has 1 aromatic heterocycles. The highest BCUT2D eigenvalue weighted by molar-refractivity contribution is 5.95. The third-order valence-electron chi connectivity index (χ3n) is 2.96. The van der Waals surface area contributed by atoms with Gasteiger partial charge in [0.15, 0.2) is 0 Å². The van der Waals surface area contributed by atoms with E-state index in [0.29, 0.717) is 0 Å². The van der Waals surface area contributed by atoms with Crippen LogP contribution in [0.5, 0.6) is 0 Å². The standard InChI is InChI=1S/C14H18N4O.ClH/c1-9(2)13(15)14(19)17-11-5-3-4-10(8-11)12-6-7-16-18-12;/h3-9,13H,15H2,1-2H3,(H,16,18)(H,17,19);1H/t13-;/m1./s1. The van der Waals surface area contributed by atoms with Crippen LogP contribution < -0.4 is 11.1 Å². The summed E-state index contributed by atoms with van der Waals surface area (Å²) in [6.07, 6.45) is 1.69. The summed E-state index contributed by atoms with van der Waals surface area (Å²) < 4.78 is 0. The number of amides is 1. The van der Waals surface area contributed by atoms with Crippen molar-refractivity contribution in [1.82, 2.24) is 10.2 Å². The molecule has 108 valence electrons. The number of hydrogen-bond donors (Lipinski definition) is 3. The molecule has 0 bridgehead atoms. The number of nitrogens with one attached hydrogen (secondary N) is 2. The Kier molecular flexibility index (Phi) is 5.73. The Morgan fingerprint density at radius 3 is 2.70 bits per heavy atom. The van der Waals surface area contributed by atoms with Gasteiger partial charge in [-0.15, -0.1) is 12.4 Å². The Bertz CT molecular complexity index is 554. The highest BCUT2D eigenvalue weighted by atomic mass is 35.5. The van der Waals surface area contributed by atoms with Gasteiger partial charge in [0.1, 0.15) is 0 Å². The van der Waals surface area contributed by atoms with Crippen molar-refractivity contribution < 1.29 is 4.79 Å². The molecule has 2 rings (SSSR count). The van der Waals surface area contributed by atoms with Crippen LogP contribution in [0.3, 0.4) is 0 Å². The molecule has 1 aromatic carbocycles. The first-order valence-electron chi connectivity index (χ1n) is 6.24. The van der Waals surface area contributed by atoms with Gasteiger partial charge in [0.2, 0.25) is 5.91 Å². The molecule has 4 N–H and O–H groups in total. The van der Waals surface area contributed by atoms with E-state index in [4.69, 9.17) is 5.73 Å².